The third-order valence-electron chi connectivity index (χ3n) is 3.25. The zero-order chi connectivity index (χ0) is 11.5. The van der Waals surface area contributed by atoms with Crippen molar-refractivity contribution >= 4 is 5.69 Å². The summed E-state index contributed by atoms with van der Waals surface area (Å²) < 4.78 is 0. The van der Waals surface area contributed by atoms with Crippen molar-refractivity contribution in [1.29, 1.82) is 0 Å². The lowest BCUT2D eigenvalue weighted by atomic mass is 10.1. The van der Waals surface area contributed by atoms with Gasteiger partial charge < -0.3 is 4.90 Å². The van der Waals surface area contributed by atoms with Gasteiger partial charge in [-0.2, -0.15) is 0 Å². The van der Waals surface area contributed by atoms with Gasteiger partial charge in [-0.1, -0.05) is 24.3 Å². The Labute approximate surface area is 102 Å². The molecule has 3 rings (SSSR count). The summed E-state index contributed by atoms with van der Waals surface area (Å²) in [5.74, 6) is 0. The fraction of sp³-hybridized carbons (Fsp3) is 0.267. The number of benzene rings is 1. The molecule has 1 aromatic heterocycles. The normalized spacial score (nSPS) is 15.2. The van der Waals surface area contributed by atoms with E-state index >= 15 is 0 Å². The zero-order valence-corrected chi connectivity index (χ0v) is 9.76. The minimum Gasteiger partial charge on any atom is -0.371 e. The SMILES string of the molecule is [c]1ncccc1-c1ccccc1N1CCCC1. The number of para-hydroxylation sites is 1. The second kappa shape index (κ2) is 4.58. The molecule has 1 saturated heterocycles. The van der Waals surface area contributed by atoms with E-state index in [0.29, 0.717) is 0 Å². The van der Waals surface area contributed by atoms with Crippen LogP contribution in [0.4, 0.5) is 5.69 Å². The smallest absolute Gasteiger partial charge is 0.0971 e. The van der Waals surface area contributed by atoms with Crippen molar-refractivity contribution in [1.82, 2.24) is 4.98 Å². The summed E-state index contributed by atoms with van der Waals surface area (Å²) in [7, 11) is 0. The van der Waals surface area contributed by atoms with Crippen LogP contribution in [0.5, 0.6) is 0 Å². The Balaban J connectivity index is 2.04. The molecule has 0 bridgehead atoms. The summed E-state index contributed by atoms with van der Waals surface area (Å²) in [4.78, 5) is 6.54. The third-order valence-corrected chi connectivity index (χ3v) is 3.25. The van der Waals surface area contributed by atoms with E-state index in [-0.39, 0.29) is 0 Å². The first-order valence-electron chi connectivity index (χ1n) is 6.12. The maximum Gasteiger partial charge on any atom is 0.0971 e. The van der Waals surface area contributed by atoms with E-state index in [1.54, 1.807) is 6.20 Å². The lowest BCUT2D eigenvalue weighted by molar-refractivity contribution is 0.949. The highest BCUT2D eigenvalue weighted by molar-refractivity contribution is 5.78. The van der Waals surface area contributed by atoms with Gasteiger partial charge in [0.2, 0.25) is 0 Å². The van der Waals surface area contributed by atoms with E-state index in [2.05, 4.69) is 46.4 Å². The fourth-order valence-electron chi connectivity index (χ4n) is 2.41. The number of hydrogen-bond donors (Lipinski definition) is 0. The standard InChI is InChI=1S/C15H15N2/c1-2-8-15(17-10-3-4-11-17)14(7-1)13-6-5-9-16-12-13/h1-2,5-9H,3-4,10-11H2. The summed E-state index contributed by atoms with van der Waals surface area (Å²) in [6, 6.07) is 12.6. The van der Waals surface area contributed by atoms with Crippen molar-refractivity contribution in [2.75, 3.05) is 18.0 Å². The van der Waals surface area contributed by atoms with Crippen LogP contribution in [0, 0.1) is 6.20 Å². The maximum atomic E-state index is 4.09. The topological polar surface area (TPSA) is 16.1 Å². The van der Waals surface area contributed by atoms with Gasteiger partial charge in [-0.3, -0.25) is 4.98 Å². The van der Waals surface area contributed by atoms with E-state index in [9.17, 15) is 0 Å². The Morgan fingerprint density at radius 2 is 1.82 bits per heavy atom. The molecule has 0 amide bonds. The molecule has 1 fully saturated rings. The second-order valence-electron chi connectivity index (χ2n) is 4.37. The molecule has 17 heavy (non-hydrogen) atoms. The fourth-order valence-corrected chi connectivity index (χ4v) is 2.41. The van der Waals surface area contributed by atoms with Gasteiger partial charge in [-0.15, -0.1) is 0 Å². The van der Waals surface area contributed by atoms with E-state index in [1.807, 2.05) is 6.07 Å². The quantitative estimate of drug-likeness (QED) is 0.777. The molecule has 2 nitrogen and oxygen atoms in total. The van der Waals surface area contributed by atoms with E-state index in [0.717, 1.165) is 18.7 Å². The summed E-state index contributed by atoms with van der Waals surface area (Å²) in [5.41, 5.74) is 3.63. The van der Waals surface area contributed by atoms with Crippen molar-refractivity contribution in [2.45, 2.75) is 12.8 Å². The largest absolute Gasteiger partial charge is 0.371 e. The number of aromatic nitrogens is 1. The van der Waals surface area contributed by atoms with Crippen molar-refractivity contribution in [3.8, 4) is 11.1 Å². The molecule has 1 aliphatic rings. The minimum absolute atomic E-state index is 1.08. The summed E-state index contributed by atoms with van der Waals surface area (Å²) in [5, 5.41) is 0. The molecule has 1 aliphatic heterocycles. The molecule has 85 valence electrons. The van der Waals surface area contributed by atoms with Gasteiger partial charge >= 0.3 is 0 Å². The third kappa shape index (κ3) is 2.03. The second-order valence-corrected chi connectivity index (χ2v) is 4.37. The van der Waals surface area contributed by atoms with Gasteiger partial charge in [0.15, 0.2) is 0 Å². The van der Waals surface area contributed by atoms with Gasteiger partial charge in [-0.25, -0.2) is 0 Å². The van der Waals surface area contributed by atoms with Crippen LogP contribution in [-0.4, -0.2) is 18.1 Å². The van der Waals surface area contributed by atoms with Gasteiger partial charge in [0.25, 0.3) is 0 Å². The van der Waals surface area contributed by atoms with Crippen molar-refractivity contribution in [3.05, 3.63) is 48.8 Å². The molecule has 1 aromatic carbocycles. The Kier molecular flexibility index (Phi) is 2.78. The predicted molar refractivity (Wildman–Crippen MR) is 70.0 cm³/mol. The predicted octanol–water partition coefficient (Wildman–Crippen LogP) is 3.15. The van der Waals surface area contributed by atoms with Crippen molar-refractivity contribution in [2.24, 2.45) is 0 Å². The molecular formula is C15H15N2. The Morgan fingerprint density at radius 3 is 2.59 bits per heavy atom. The molecule has 0 spiro atoms. The summed E-state index contributed by atoms with van der Waals surface area (Å²) in [6.07, 6.45) is 7.43. The maximum absolute atomic E-state index is 4.09. The van der Waals surface area contributed by atoms with Gasteiger partial charge in [-0.05, 0) is 25.0 Å². The number of nitrogens with zero attached hydrogens (tertiary/aromatic N) is 2. The Morgan fingerprint density at radius 1 is 1.00 bits per heavy atom. The average Bonchev–Trinajstić information content (AvgIpc) is 2.94. The van der Waals surface area contributed by atoms with Crippen LogP contribution < -0.4 is 4.90 Å². The Bertz CT molecular complexity index is 487. The average molecular weight is 223 g/mol. The van der Waals surface area contributed by atoms with Gasteiger partial charge in [0, 0.05) is 36.1 Å². The van der Waals surface area contributed by atoms with Crippen molar-refractivity contribution < 1.29 is 0 Å². The van der Waals surface area contributed by atoms with Crippen LogP contribution >= 0.6 is 0 Å². The number of anilines is 1. The van der Waals surface area contributed by atoms with Crippen LogP contribution in [0.3, 0.4) is 0 Å². The van der Waals surface area contributed by atoms with Crippen LogP contribution in [0.1, 0.15) is 12.8 Å². The molecule has 2 heterocycles. The lowest BCUT2D eigenvalue weighted by Crippen LogP contribution is -2.18. The number of rotatable bonds is 2. The number of pyridine rings is 1. The number of hydrogen-bond acceptors (Lipinski definition) is 2. The molecular weight excluding hydrogens is 208 g/mol. The molecule has 1 radical (unpaired) electrons. The van der Waals surface area contributed by atoms with Crippen molar-refractivity contribution in [3.63, 3.8) is 0 Å². The van der Waals surface area contributed by atoms with Gasteiger partial charge in [0.1, 0.15) is 0 Å². The Hall–Kier alpha value is -1.83. The first-order chi connectivity index (χ1) is 8.45. The highest BCUT2D eigenvalue weighted by Crippen LogP contribution is 2.31. The molecule has 2 aromatic rings. The molecule has 0 N–H and O–H groups in total. The van der Waals surface area contributed by atoms with E-state index in [1.165, 1.54) is 24.1 Å². The molecule has 0 saturated carbocycles. The first-order valence-corrected chi connectivity index (χ1v) is 6.12. The molecule has 0 atom stereocenters. The minimum atomic E-state index is 1.08. The van der Waals surface area contributed by atoms with Crippen LogP contribution in [-0.2, 0) is 0 Å². The zero-order valence-electron chi connectivity index (χ0n) is 9.76. The van der Waals surface area contributed by atoms with Crippen LogP contribution in [0.2, 0.25) is 0 Å². The monoisotopic (exact) mass is 223 g/mol. The molecule has 2 heteroatoms. The highest BCUT2D eigenvalue weighted by Gasteiger charge is 2.15. The molecule has 0 aliphatic carbocycles. The molecule has 0 unspecified atom stereocenters. The summed E-state index contributed by atoms with van der Waals surface area (Å²) >= 11 is 0. The first kappa shape index (κ1) is 10.3. The van der Waals surface area contributed by atoms with E-state index < -0.39 is 0 Å². The van der Waals surface area contributed by atoms with Gasteiger partial charge in [0.05, 0.1) is 6.20 Å². The highest BCUT2D eigenvalue weighted by atomic mass is 15.1. The summed E-state index contributed by atoms with van der Waals surface area (Å²) in [6.45, 7) is 2.33. The van der Waals surface area contributed by atoms with Crippen LogP contribution in [0.15, 0.2) is 42.6 Å². The van der Waals surface area contributed by atoms with Crippen LogP contribution in [0.25, 0.3) is 11.1 Å². The lowest BCUT2D eigenvalue weighted by Gasteiger charge is -2.21. The van der Waals surface area contributed by atoms with E-state index in [4.69, 9.17) is 0 Å².